The molecule has 3 rings (SSSR count). The number of ether oxygens (including phenoxy) is 2. The minimum atomic E-state index is -3.85. The SMILES string of the molecule is COc1ccc(C(=O)OCc2ccc([N+](=O)[O-])cc2)cc1S(=O)(=O)N1CCCCC1C. The van der Waals surface area contributed by atoms with Crippen LogP contribution in [0.1, 0.15) is 42.1 Å². The van der Waals surface area contributed by atoms with Gasteiger partial charge in [-0.2, -0.15) is 4.31 Å². The van der Waals surface area contributed by atoms with Gasteiger partial charge in [0.25, 0.3) is 5.69 Å². The van der Waals surface area contributed by atoms with Gasteiger partial charge in [0.1, 0.15) is 17.3 Å². The molecule has 0 bridgehead atoms. The van der Waals surface area contributed by atoms with Crippen molar-refractivity contribution in [2.24, 2.45) is 0 Å². The average Bonchev–Trinajstić information content (AvgIpc) is 2.77. The molecule has 10 heteroatoms. The Kier molecular flexibility index (Phi) is 6.91. The zero-order valence-electron chi connectivity index (χ0n) is 17.3. The summed E-state index contributed by atoms with van der Waals surface area (Å²) in [7, 11) is -2.48. The van der Waals surface area contributed by atoms with E-state index in [4.69, 9.17) is 9.47 Å². The molecule has 1 fully saturated rings. The Morgan fingerprint density at radius 3 is 2.52 bits per heavy atom. The van der Waals surface area contributed by atoms with E-state index in [0.29, 0.717) is 12.1 Å². The molecule has 1 atom stereocenters. The van der Waals surface area contributed by atoms with E-state index in [1.165, 1.54) is 53.9 Å². The molecule has 1 aliphatic heterocycles. The van der Waals surface area contributed by atoms with Gasteiger partial charge in [0.05, 0.1) is 17.6 Å². The van der Waals surface area contributed by atoms with Crippen LogP contribution in [0.4, 0.5) is 5.69 Å². The highest BCUT2D eigenvalue weighted by Gasteiger charge is 2.33. The number of rotatable bonds is 7. The van der Waals surface area contributed by atoms with E-state index in [1.807, 2.05) is 6.92 Å². The van der Waals surface area contributed by atoms with Gasteiger partial charge >= 0.3 is 5.97 Å². The number of piperidine rings is 1. The standard InChI is InChI=1S/C21H24N2O7S/c1-15-5-3-4-12-22(15)31(27,28)20-13-17(8-11-19(20)29-2)21(24)30-14-16-6-9-18(10-7-16)23(25)26/h6-11,13,15H,3-5,12,14H2,1-2H3. The molecule has 0 N–H and O–H groups in total. The Hall–Kier alpha value is -2.98. The lowest BCUT2D eigenvalue weighted by atomic mass is 10.1. The minimum absolute atomic E-state index is 0.0629. The maximum Gasteiger partial charge on any atom is 0.338 e. The first-order valence-electron chi connectivity index (χ1n) is 9.84. The first kappa shape index (κ1) is 22.7. The number of benzene rings is 2. The molecule has 9 nitrogen and oxygen atoms in total. The largest absolute Gasteiger partial charge is 0.495 e. The molecule has 166 valence electrons. The molecule has 0 amide bonds. The van der Waals surface area contributed by atoms with Gasteiger partial charge in [-0.3, -0.25) is 10.1 Å². The van der Waals surface area contributed by atoms with Crippen LogP contribution in [0.2, 0.25) is 0 Å². The lowest BCUT2D eigenvalue weighted by Crippen LogP contribution is -2.42. The number of hydrogen-bond acceptors (Lipinski definition) is 7. The smallest absolute Gasteiger partial charge is 0.338 e. The highest BCUT2D eigenvalue weighted by molar-refractivity contribution is 7.89. The summed E-state index contributed by atoms with van der Waals surface area (Å²) in [4.78, 5) is 22.7. The van der Waals surface area contributed by atoms with E-state index in [2.05, 4.69) is 0 Å². The van der Waals surface area contributed by atoms with Crippen LogP contribution >= 0.6 is 0 Å². The topological polar surface area (TPSA) is 116 Å². The van der Waals surface area contributed by atoms with E-state index >= 15 is 0 Å². The van der Waals surface area contributed by atoms with Crippen molar-refractivity contribution in [3.63, 3.8) is 0 Å². The number of hydrogen-bond donors (Lipinski definition) is 0. The normalized spacial score (nSPS) is 17.2. The predicted octanol–water partition coefficient (Wildman–Crippen LogP) is 3.52. The fourth-order valence-electron chi connectivity index (χ4n) is 3.51. The van der Waals surface area contributed by atoms with Gasteiger partial charge in [-0.1, -0.05) is 6.42 Å². The van der Waals surface area contributed by atoms with Crippen LogP contribution in [0.25, 0.3) is 0 Å². The summed E-state index contributed by atoms with van der Waals surface area (Å²) in [5.41, 5.74) is 0.584. The van der Waals surface area contributed by atoms with Crippen LogP contribution in [0.15, 0.2) is 47.4 Å². The molecule has 1 aliphatic rings. The van der Waals surface area contributed by atoms with Crippen molar-refractivity contribution in [1.29, 1.82) is 0 Å². The molecule has 0 saturated carbocycles. The summed E-state index contributed by atoms with van der Waals surface area (Å²) in [5.74, 6) is -0.547. The number of carbonyl (C=O) groups excluding carboxylic acids is 1. The predicted molar refractivity (Wildman–Crippen MR) is 112 cm³/mol. The van der Waals surface area contributed by atoms with Gasteiger partial charge in [-0.25, -0.2) is 13.2 Å². The van der Waals surface area contributed by atoms with Crippen molar-refractivity contribution in [2.75, 3.05) is 13.7 Å². The Labute approximate surface area is 180 Å². The van der Waals surface area contributed by atoms with Crippen molar-refractivity contribution < 1.29 is 27.6 Å². The molecular weight excluding hydrogens is 424 g/mol. The Balaban J connectivity index is 1.80. The first-order chi connectivity index (χ1) is 14.7. The molecule has 2 aromatic carbocycles. The van der Waals surface area contributed by atoms with Crippen molar-refractivity contribution >= 4 is 21.7 Å². The van der Waals surface area contributed by atoms with Gasteiger partial charge in [0, 0.05) is 24.7 Å². The van der Waals surface area contributed by atoms with Crippen molar-refractivity contribution in [3.05, 3.63) is 63.7 Å². The average molecular weight is 448 g/mol. The van der Waals surface area contributed by atoms with Crippen LogP contribution in [0, 0.1) is 10.1 Å². The molecule has 1 unspecified atom stereocenters. The van der Waals surface area contributed by atoms with Crippen LogP contribution in [0.3, 0.4) is 0 Å². The third kappa shape index (κ3) is 5.02. The van der Waals surface area contributed by atoms with Crippen LogP contribution in [-0.4, -0.2) is 43.3 Å². The second-order valence-corrected chi connectivity index (χ2v) is 9.18. The van der Waals surface area contributed by atoms with Gasteiger partial charge in [0.2, 0.25) is 10.0 Å². The highest BCUT2D eigenvalue weighted by atomic mass is 32.2. The molecule has 0 aliphatic carbocycles. The van der Waals surface area contributed by atoms with Crippen LogP contribution < -0.4 is 4.74 Å². The van der Waals surface area contributed by atoms with Crippen LogP contribution in [0.5, 0.6) is 5.75 Å². The summed E-state index contributed by atoms with van der Waals surface area (Å²) in [5, 5.41) is 10.7. The number of nitro benzene ring substituents is 1. The molecular formula is C21H24N2O7S. The molecule has 0 aromatic heterocycles. The van der Waals surface area contributed by atoms with Gasteiger partial charge < -0.3 is 9.47 Å². The summed E-state index contributed by atoms with van der Waals surface area (Å²) in [6, 6.07) is 9.64. The van der Waals surface area contributed by atoms with E-state index < -0.39 is 20.9 Å². The summed E-state index contributed by atoms with van der Waals surface area (Å²) in [6.07, 6.45) is 2.53. The number of sulfonamides is 1. The summed E-state index contributed by atoms with van der Waals surface area (Å²) in [6.45, 7) is 2.18. The van der Waals surface area contributed by atoms with E-state index in [0.717, 1.165) is 19.3 Å². The van der Waals surface area contributed by atoms with E-state index in [9.17, 15) is 23.3 Å². The molecule has 31 heavy (non-hydrogen) atoms. The Morgan fingerprint density at radius 2 is 1.90 bits per heavy atom. The fourth-order valence-corrected chi connectivity index (χ4v) is 5.39. The maximum atomic E-state index is 13.3. The Morgan fingerprint density at radius 1 is 1.19 bits per heavy atom. The molecule has 0 spiro atoms. The van der Waals surface area contributed by atoms with Crippen LogP contribution in [-0.2, 0) is 21.4 Å². The Bertz CT molecular complexity index is 1070. The van der Waals surface area contributed by atoms with Gasteiger partial charge in [-0.05, 0) is 55.7 Å². The number of nitrogens with zero attached hydrogens (tertiary/aromatic N) is 2. The number of esters is 1. The van der Waals surface area contributed by atoms with E-state index in [-0.39, 0.29) is 34.5 Å². The number of methoxy groups -OCH3 is 1. The molecule has 1 saturated heterocycles. The lowest BCUT2D eigenvalue weighted by Gasteiger charge is -2.32. The summed E-state index contributed by atoms with van der Waals surface area (Å²) < 4.78 is 38.5. The first-order valence-corrected chi connectivity index (χ1v) is 11.3. The third-order valence-electron chi connectivity index (χ3n) is 5.25. The minimum Gasteiger partial charge on any atom is -0.495 e. The number of nitro groups is 1. The van der Waals surface area contributed by atoms with Gasteiger partial charge in [0.15, 0.2) is 0 Å². The maximum absolute atomic E-state index is 13.3. The highest BCUT2D eigenvalue weighted by Crippen LogP contribution is 2.32. The second-order valence-electron chi connectivity index (χ2n) is 7.33. The summed E-state index contributed by atoms with van der Waals surface area (Å²) >= 11 is 0. The molecule has 0 radical (unpaired) electrons. The van der Waals surface area contributed by atoms with Crippen molar-refractivity contribution in [1.82, 2.24) is 4.31 Å². The number of carbonyl (C=O) groups is 1. The van der Waals surface area contributed by atoms with Crippen molar-refractivity contribution in [3.8, 4) is 5.75 Å². The third-order valence-corrected chi connectivity index (χ3v) is 7.28. The quantitative estimate of drug-likeness (QED) is 0.361. The lowest BCUT2D eigenvalue weighted by molar-refractivity contribution is -0.384. The number of non-ortho nitro benzene ring substituents is 1. The fraction of sp³-hybridized carbons (Fsp3) is 0.381. The second kappa shape index (κ2) is 9.44. The molecule has 2 aromatic rings. The van der Waals surface area contributed by atoms with Gasteiger partial charge in [-0.15, -0.1) is 0 Å². The van der Waals surface area contributed by atoms with E-state index in [1.54, 1.807) is 0 Å². The monoisotopic (exact) mass is 448 g/mol. The molecule has 1 heterocycles. The van der Waals surface area contributed by atoms with Crippen molar-refractivity contribution in [2.45, 2.75) is 43.7 Å². The zero-order chi connectivity index (χ0) is 22.6. The zero-order valence-corrected chi connectivity index (χ0v) is 18.1.